The molecule has 1 fully saturated rings. The van der Waals surface area contributed by atoms with Crippen molar-refractivity contribution in [1.82, 2.24) is 19.5 Å². The second kappa shape index (κ2) is 16.0. The molecule has 240 valence electrons. The zero-order chi connectivity index (χ0) is 32.5. The second-order valence-corrected chi connectivity index (χ2v) is 18.4. The number of aromatic amines is 1. The van der Waals surface area contributed by atoms with Crippen molar-refractivity contribution in [3.63, 3.8) is 0 Å². The third-order valence-corrected chi connectivity index (χ3v) is 13.8. The number of ether oxygens (including phenoxy) is 2. The summed E-state index contributed by atoms with van der Waals surface area (Å²) in [6.45, 7) is 18.3. The largest absolute Gasteiger partial charge is 0.447 e. The molecule has 1 aromatic heterocycles. The predicted molar refractivity (Wildman–Crippen MR) is 166 cm³/mol. The Hall–Kier alpha value is -2.55. The number of carbonyl (C=O) groups is 1. The molecule has 0 aromatic carbocycles. The van der Waals surface area contributed by atoms with Gasteiger partial charge in [0, 0.05) is 24.3 Å². The van der Waals surface area contributed by atoms with Crippen LogP contribution in [0.2, 0.25) is 18.1 Å². The van der Waals surface area contributed by atoms with Gasteiger partial charge in [0.1, 0.15) is 24.9 Å². The number of nitrogens with zero attached hydrogens (tertiary/aromatic N) is 3. The van der Waals surface area contributed by atoms with E-state index in [1.54, 1.807) is 0 Å². The Labute approximate surface area is 256 Å². The van der Waals surface area contributed by atoms with Crippen molar-refractivity contribution in [2.45, 2.75) is 110 Å². The maximum atomic E-state index is 13.0. The minimum Gasteiger partial charge on any atom is -0.447 e. The number of nitriles is 1. The van der Waals surface area contributed by atoms with Gasteiger partial charge < -0.3 is 28.3 Å². The normalized spacial score (nSPS) is 21.5. The average molecular weight is 640 g/mol. The van der Waals surface area contributed by atoms with Crippen molar-refractivity contribution in [2.24, 2.45) is 0 Å². The van der Waals surface area contributed by atoms with Gasteiger partial charge in [-0.3, -0.25) is 14.3 Å². The molecular weight excluding hydrogens is 593 g/mol. The lowest BCUT2D eigenvalue weighted by atomic mass is 10.1. The van der Waals surface area contributed by atoms with Crippen molar-refractivity contribution >= 4 is 22.9 Å². The van der Waals surface area contributed by atoms with E-state index in [0.29, 0.717) is 0 Å². The number of amides is 1. The Bertz CT molecular complexity index is 1260. The minimum absolute atomic E-state index is 0.0112. The first-order chi connectivity index (χ1) is 20.0. The molecule has 43 heavy (non-hydrogen) atoms. The zero-order valence-corrected chi connectivity index (χ0v) is 28.5. The third-order valence-electron chi connectivity index (χ3n) is 7.24. The summed E-state index contributed by atoms with van der Waals surface area (Å²) in [6.07, 6.45) is 2.32. The fourth-order valence-electron chi connectivity index (χ4n) is 4.19. The van der Waals surface area contributed by atoms with E-state index in [2.05, 4.69) is 60.8 Å². The van der Waals surface area contributed by atoms with Gasteiger partial charge in [-0.2, -0.15) is 5.26 Å². The number of nitrogens with one attached hydrogen (secondary N) is 2. The van der Waals surface area contributed by atoms with Gasteiger partial charge in [-0.1, -0.05) is 26.7 Å². The van der Waals surface area contributed by atoms with Crippen LogP contribution in [0.5, 0.6) is 0 Å². The van der Waals surface area contributed by atoms with Crippen molar-refractivity contribution in [2.75, 3.05) is 19.8 Å². The van der Waals surface area contributed by atoms with Crippen LogP contribution in [0, 0.1) is 23.7 Å². The molecule has 15 heteroatoms. The molecule has 1 aliphatic heterocycles. The highest BCUT2D eigenvalue weighted by molar-refractivity contribution is 7.44. The molecule has 2 N–H and O–H groups in total. The van der Waals surface area contributed by atoms with Gasteiger partial charge in [-0.15, -0.1) is 6.42 Å². The van der Waals surface area contributed by atoms with Gasteiger partial charge in [-0.05, 0) is 45.8 Å². The van der Waals surface area contributed by atoms with E-state index in [-0.39, 0.29) is 43.3 Å². The van der Waals surface area contributed by atoms with Crippen LogP contribution in [0.25, 0.3) is 0 Å². The number of hydrogen-bond acceptors (Lipinski definition) is 10. The monoisotopic (exact) mass is 639 g/mol. The van der Waals surface area contributed by atoms with E-state index in [1.807, 2.05) is 27.7 Å². The molecule has 0 bridgehead atoms. The number of hydrogen-bond donors (Lipinski definition) is 2. The first-order valence-electron chi connectivity index (χ1n) is 14.3. The topological polar surface area (TPSA) is 157 Å². The highest BCUT2D eigenvalue weighted by Gasteiger charge is 2.53. The Morgan fingerprint density at radius 1 is 1.26 bits per heavy atom. The molecule has 5 atom stereocenters. The molecule has 13 nitrogen and oxygen atoms in total. The predicted octanol–water partition coefficient (Wildman–Crippen LogP) is 3.84. The highest BCUT2D eigenvalue weighted by atomic mass is 31.2. The zero-order valence-electron chi connectivity index (χ0n) is 26.6. The van der Waals surface area contributed by atoms with Crippen LogP contribution >= 0.6 is 8.53 Å². The summed E-state index contributed by atoms with van der Waals surface area (Å²) < 4.78 is 35.0. The Balaban J connectivity index is 2.66. The molecule has 2 heterocycles. The van der Waals surface area contributed by atoms with E-state index in [1.165, 1.54) is 16.8 Å². The highest BCUT2D eigenvalue weighted by Crippen LogP contribution is 2.51. The molecule has 0 aliphatic carbocycles. The van der Waals surface area contributed by atoms with Crippen LogP contribution < -0.4 is 16.6 Å². The standard InChI is InChI=1S/C28H46N5O8PSi/c1-11-15-30-27(36)37-18-21-23(40-42(38-17-12-14-29)33(19(2)3)20(4)5)24(41-43(9,10)28(6,7)8)25(39-21)32-16-13-22(34)31-26(32)35/h1,13,16,19-21,23-25H,12,15,17-18H2,2-10H3,(H,30,36)(H,31,34,35)/t21-,23-,24-,25-,42?/m1/s1. The molecule has 0 saturated carbocycles. The summed E-state index contributed by atoms with van der Waals surface area (Å²) in [7, 11) is -4.31. The Morgan fingerprint density at radius 3 is 2.44 bits per heavy atom. The van der Waals surface area contributed by atoms with Crippen LogP contribution in [0.4, 0.5) is 4.79 Å². The first-order valence-corrected chi connectivity index (χ1v) is 18.3. The van der Waals surface area contributed by atoms with Crippen LogP contribution in [0.15, 0.2) is 21.9 Å². The molecule has 1 amide bonds. The quantitative estimate of drug-likeness (QED) is 0.133. The van der Waals surface area contributed by atoms with Gasteiger partial charge in [0.25, 0.3) is 14.1 Å². The van der Waals surface area contributed by atoms with E-state index in [9.17, 15) is 14.4 Å². The van der Waals surface area contributed by atoms with Crippen molar-refractivity contribution in [3.8, 4) is 18.4 Å². The maximum absolute atomic E-state index is 13.0. The lowest BCUT2D eigenvalue weighted by molar-refractivity contribution is -0.0550. The minimum atomic E-state index is -2.54. The Morgan fingerprint density at radius 2 is 1.91 bits per heavy atom. The van der Waals surface area contributed by atoms with Crippen molar-refractivity contribution in [1.29, 1.82) is 5.26 Å². The molecular formula is C28H46N5O8PSi. The summed E-state index contributed by atoms with van der Waals surface area (Å²) in [5, 5.41) is 11.4. The molecule has 1 saturated heterocycles. The number of alkyl carbamates (subject to hydrolysis) is 1. The van der Waals surface area contributed by atoms with Gasteiger partial charge in [0.05, 0.1) is 25.6 Å². The second-order valence-electron chi connectivity index (χ2n) is 12.2. The van der Waals surface area contributed by atoms with E-state index in [0.717, 1.165) is 0 Å². The van der Waals surface area contributed by atoms with Crippen LogP contribution in [0.1, 0.15) is 61.1 Å². The smallest absolute Gasteiger partial charge is 0.407 e. The van der Waals surface area contributed by atoms with E-state index >= 15 is 0 Å². The number of carbonyl (C=O) groups excluding carboxylic acids is 1. The maximum Gasteiger partial charge on any atom is 0.407 e. The van der Waals surface area contributed by atoms with Crippen LogP contribution in [-0.4, -0.2) is 78.8 Å². The van der Waals surface area contributed by atoms with Gasteiger partial charge in [0.2, 0.25) is 0 Å². The summed E-state index contributed by atoms with van der Waals surface area (Å²) in [5.74, 6) is 2.31. The summed E-state index contributed by atoms with van der Waals surface area (Å²) in [6, 6.07) is 3.33. The number of rotatable bonds is 14. The lowest BCUT2D eigenvalue weighted by Gasteiger charge is -2.42. The fraction of sp³-hybridized carbons (Fsp3) is 0.714. The number of aromatic nitrogens is 2. The van der Waals surface area contributed by atoms with Crippen LogP contribution in [-0.2, 0) is 22.9 Å². The third kappa shape index (κ3) is 9.98. The molecule has 0 spiro atoms. The SMILES string of the molecule is C#CCNC(=O)OC[C@H]1O[C@@H](n2ccc(=O)[nH]c2=O)[C@H](O[Si](C)(C)C(C)(C)C)[C@@H]1OP(OCCC#N)N(C(C)C)C(C)C. The van der Waals surface area contributed by atoms with Crippen molar-refractivity contribution in [3.05, 3.63) is 33.1 Å². The lowest BCUT2D eigenvalue weighted by Crippen LogP contribution is -2.50. The average Bonchev–Trinajstić information content (AvgIpc) is 3.21. The molecule has 2 rings (SSSR count). The number of terminal acetylenes is 1. The first kappa shape index (κ1) is 36.6. The van der Waals surface area contributed by atoms with Gasteiger partial charge >= 0.3 is 11.8 Å². The van der Waals surface area contributed by atoms with Crippen LogP contribution in [0.3, 0.4) is 0 Å². The van der Waals surface area contributed by atoms with Gasteiger partial charge in [0.15, 0.2) is 14.5 Å². The molecule has 1 aliphatic rings. The summed E-state index contributed by atoms with van der Waals surface area (Å²) >= 11 is 0. The molecule has 1 aromatic rings. The van der Waals surface area contributed by atoms with E-state index in [4.69, 9.17) is 34.6 Å². The molecule has 0 radical (unpaired) electrons. The summed E-state index contributed by atoms with van der Waals surface area (Å²) in [4.78, 5) is 39.5. The molecule has 1 unspecified atom stereocenters. The van der Waals surface area contributed by atoms with Crippen molar-refractivity contribution < 1.29 is 27.7 Å². The number of H-pyrrole nitrogens is 1. The van der Waals surface area contributed by atoms with Gasteiger partial charge in [-0.25, -0.2) is 14.3 Å². The summed E-state index contributed by atoms with van der Waals surface area (Å²) in [5.41, 5.74) is -1.25. The Kier molecular flexibility index (Phi) is 13.6. The fourth-order valence-corrected chi connectivity index (χ4v) is 7.25. The van der Waals surface area contributed by atoms with E-state index < -0.39 is 58.7 Å².